The smallest absolute Gasteiger partial charge is 0.337 e. The Morgan fingerprint density at radius 3 is 2.63 bits per heavy atom. The van der Waals surface area contributed by atoms with Gasteiger partial charge in [0.25, 0.3) is 0 Å². The third kappa shape index (κ3) is 3.37. The van der Waals surface area contributed by atoms with Gasteiger partial charge < -0.3 is 9.51 Å². The van der Waals surface area contributed by atoms with Crippen molar-refractivity contribution in [3.8, 4) is 11.1 Å². The lowest BCUT2D eigenvalue weighted by molar-refractivity contribution is 0.0697. The van der Waals surface area contributed by atoms with Crippen molar-refractivity contribution in [3.63, 3.8) is 0 Å². The fourth-order valence-corrected chi connectivity index (χ4v) is 4.08. The average Bonchev–Trinajstić information content (AvgIpc) is 3.26. The van der Waals surface area contributed by atoms with Crippen LogP contribution >= 0.6 is 22.9 Å². The van der Waals surface area contributed by atoms with Crippen LogP contribution < -0.4 is 0 Å². The largest absolute Gasteiger partial charge is 0.478 e. The lowest BCUT2D eigenvalue weighted by Crippen LogP contribution is -2.07. The zero-order chi connectivity index (χ0) is 19.0. The van der Waals surface area contributed by atoms with E-state index in [9.17, 15) is 14.7 Å². The van der Waals surface area contributed by atoms with E-state index in [1.807, 2.05) is 24.4 Å². The third-order valence-corrected chi connectivity index (χ3v) is 5.45. The molecule has 3 heterocycles. The van der Waals surface area contributed by atoms with E-state index in [0.29, 0.717) is 26.8 Å². The quantitative estimate of drug-likeness (QED) is 0.490. The Kier molecular flexibility index (Phi) is 4.51. The average molecular weight is 397 g/mol. The number of hydrogen-bond donors (Lipinski definition) is 1. The van der Waals surface area contributed by atoms with Gasteiger partial charge in [-0.25, -0.2) is 9.78 Å². The van der Waals surface area contributed by atoms with Crippen LogP contribution in [0.3, 0.4) is 0 Å². The van der Waals surface area contributed by atoms with E-state index >= 15 is 0 Å². The van der Waals surface area contributed by atoms with Gasteiger partial charge in [-0.15, -0.1) is 11.3 Å². The number of ketones is 1. The van der Waals surface area contributed by atoms with Gasteiger partial charge in [0.2, 0.25) is 0 Å². The number of nitrogens with zero attached hydrogens (tertiary/aromatic N) is 2. The van der Waals surface area contributed by atoms with Crippen molar-refractivity contribution in [2.45, 2.75) is 6.42 Å². The van der Waals surface area contributed by atoms with E-state index in [2.05, 4.69) is 4.98 Å². The molecule has 0 saturated carbocycles. The summed E-state index contributed by atoms with van der Waals surface area (Å²) in [6.45, 7) is 0. The van der Waals surface area contributed by atoms with E-state index in [-0.39, 0.29) is 17.8 Å². The second kappa shape index (κ2) is 6.98. The van der Waals surface area contributed by atoms with Gasteiger partial charge in [0.15, 0.2) is 5.78 Å². The number of aromatic carboxylic acids is 1. The number of carboxylic acids is 1. The molecule has 0 bridgehead atoms. The van der Waals surface area contributed by atoms with Crippen molar-refractivity contribution < 1.29 is 14.7 Å². The zero-order valence-corrected chi connectivity index (χ0v) is 15.5. The zero-order valence-electron chi connectivity index (χ0n) is 13.9. The Labute approximate surface area is 163 Å². The number of Topliss-reactive ketones (excluding diaryl/α,β-unsaturated/α-hetero) is 1. The highest BCUT2D eigenvalue weighted by Gasteiger charge is 2.22. The molecule has 1 N–H and O–H groups in total. The minimum Gasteiger partial charge on any atom is -0.478 e. The highest BCUT2D eigenvalue weighted by atomic mass is 35.5. The van der Waals surface area contributed by atoms with E-state index in [1.165, 1.54) is 11.3 Å². The summed E-state index contributed by atoms with van der Waals surface area (Å²) < 4.78 is 1.76. The first-order valence-corrected chi connectivity index (χ1v) is 9.35. The maximum absolute atomic E-state index is 12.7. The van der Waals surface area contributed by atoms with E-state index in [4.69, 9.17) is 11.6 Å². The van der Waals surface area contributed by atoms with Crippen LogP contribution in [0.4, 0.5) is 0 Å². The Balaban J connectivity index is 1.68. The van der Waals surface area contributed by atoms with Gasteiger partial charge in [-0.2, -0.15) is 0 Å². The molecule has 0 fully saturated rings. The van der Waals surface area contributed by atoms with Gasteiger partial charge in [-0.3, -0.25) is 4.79 Å². The van der Waals surface area contributed by atoms with Crippen LogP contribution in [0.15, 0.2) is 60.2 Å². The number of carbonyl (C=O) groups excluding carboxylic acids is 1. The molecule has 4 aromatic rings. The second-order valence-corrected chi connectivity index (χ2v) is 7.35. The molecule has 0 saturated heterocycles. The highest BCUT2D eigenvalue weighted by Crippen LogP contribution is 2.33. The van der Waals surface area contributed by atoms with Gasteiger partial charge >= 0.3 is 5.97 Å². The molecule has 0 radical (unpaired) electrons. The summed E-state index contributed by atoms with van der Waals surface area (Å²) in [6, 6.07) is 12.5. The lowest BCUT2D eigenvalue weighted by Gasteiger charge is -2.03. The maximum Gasteiger partial charge on any atom is 0.337 e. The SMILES string of the molecule is O=C(Cc1scc(-c2ccc(Cl)cc2)c1C(=O)O)c1cn2ccccc2n1. The minimum absolute atomic E-state index is 0.0101. The molecule has 4 rings (SSSR count). The van der Waals surface area contributed by atoms with E-state index < -0.39 is 5.97 Å². The predicted octanol–water partition coefficient (Wildman–Crippen LogP) is 4.84. The van der Waals surface area contributed by atoms with Crippen LogP contribution in [0.1, 0.15) is 25.7 Å². The number of pyridine rings is 1. The fraction of sp³-hybridized carbons (Fsp3) is 0.0500. The summed E-state index contributed by atoms with van der Waals surface area (Å²) in [5, 5.41) is 12.0. The Bertz CT molecular complexity index is 1130. The number of imidazole rings is 1. The maximum atomic E-state index is 12.7. The fourth-order valence-electron chi connectivity index (χ4n) is 2.91. The molecular formula is C20H13ClN2O3S. The van der Waals surface area contributed by atoms with Crippen molar-refractivity contribution in [2.24, 2.45) is 0 Å². The number of carboxylic acid groups (broad SMARTS) is 1. The molecule has 0 atom stereocenters. The number of rotatable bonds is 5. The molecule has 5 nitrogen and oxygen atoms in total. The van der Waals surface area contributed by atoms with Crippen molar-refractivity contribution in [1.82, 2.24) is 9.38 Å². The molecule has 27 heavy (non-hydrogen) atoms. The summed E-state index contributed by atoms with van der Waals surface area (Å²) in [5.41, 5.74) is 2.48. The van der Waals surface area contributed by atoms with Gasteiger partial charge in [-0.1, -0.05) is 29.8 Å². The minimum atomic E-state index is -1.06. The summed E-state index contributed by atoms with van der Waals surface area (Å²) in [5.74, 6) is -1.27. The van der Waals surface area contributed by atoms with E-state index in [0.717, 1.165) is 5.56 Å². The molecule has 7 heteroatoms. The van der Waals surface area contributed by atoms with Crippen molar-refractivity contribution in [1.29, 1.82) is 0 Å². The summed E-state index contributed by atoms with van der Waals surface area (Å²) in [7, 11) is 0. The van der Waals surface area contributed by atoms with Crippen LogP contribution in [0.2, 0.25) is 5.02 Å². The van der Waals surface area contributed by atoms with Crippen molar-refractivity contribution in [2.75, 3.05) is 0 Å². The molecular weight excluding hydrogens is 384 g/mol. The van der Waals surface area contributed by atoms with Gasteiger partial charge in [0, 0.05) is 34.3 Å². The van der Waals surface area contributed by atoms with Gasteiger partial charge in [0.05, 0.1) is 5.56 Å². The number of benzene rings is 1. The van der Waals surface area contributed by atoms with Crippen LogP contribution in [-0.2, 0) is 6.42 Å². The van der Waals surface area contributed by atoms with Crippen LogP contribution in [0.5, 0.6) is 0 Å². The Morgan fingerprint density at radius 2 is 1.93 bits per heavy atom. The standard InChI is InChI=1S/C20H13ClN2O3S/c21-13-6-4-12(5-7-13)14-11-27-17(19(14)20(25)26)9-16(24)15-10-23-8-2-1-3-18(23)22-15/h1-8,10-11H,9H2,(H,25,26). The number of hydrogen-bond acceptors (Lipinski definition) is 4. The normalized spacial score (nSPS) is 11.0. The molecule has 3 aromatic heterocycles. The number of fused-ring (bicyclic) bond motifs is 1. The first kappa shape index (κ1) is 17.5. The Morgan fingerprint density at radius 1 is 1.15 bits per heavy atom. The van der Waals surface area contributed by atoms with Gasteiger partial charge in [-0.05, 0) is 35.2 Å². The molecule has 0 aliphatic carbocycles. The van der Waals surface area contributed by atoms with Crippen molar-refractivity contribution in [3.05, 3.63) is 81.4 Å². The number of aromatic nitrogens is 2. The number of carbonyl (C=O) groups is 2. The first-order valence-electron chi connectivity index (χ1n) is 8.09. The molecule has 0 amide bonds. The predicted molar refractivity (Wildman–Crippen MR) is 105 cm³/mol. The number of thiophene rings is 1. The summed E-state index contributed by atoms with van der Waals surface area (Å²) in [4.78, 5) is 29.3. The van der Waals surface area contributed by atoms with Crippen molar-refractivity contribution >= 4 is 40.3 Å². The third-order valence-electron chi connectivity index (χ3n) is 4.21. The Hall–Kier alpha value is -2.96. The molecule has 0 aliphatic rings. The summed E-state index contributed by atoms with van der Waals surface area (Å²) >= 11 is 7.17. The topological polar surface area (TPSA) is 71.7 Å². The highest BCUT2D eigenvalue weighted by molar-refractivity contribution is 7.11. The van der Waals surface area contributed by atoms with E-state index in [1.54, 1.807) is 40.2 Å². The van der Waals surface area contributed by atoms with Crippen LogP contribution in [-0.4, -0.2) is 26.2 Å². The molecule has 134 valence electrons. The number of halogens is 1. The second-order valence-electron chi connectivity index (χ2n) is 5.95. The molecule has 0 spiro atoms. The van der Waals surface area contributed by atoms with Crippen LogP contribution in [0, 0.1) is 0 Å². The monoisotopic (exact) mass is 396 g/mol. The van der Waals surface area contributed by atoms with Gasteiger partial charge in [0.1, 0.15) is 11.3 Å². The lowest BCUT2D eigenvalue weighted by atomic mass is 10.0. The molecule has 1 aromatic carbocycles. The molecule has 0 aliphatic heterocycles. The summed E-state index contributed by atoms with van der Waals surface area (Å²) in [6.07, 6.45) is 3.46. The molecule has 0 unspecified atom stereocenters. The van der Waals surface area contributed by atoms with Crippen LogP contribution in [0.25, 0.3) is 16.8 Å². The first-order chi connectivity index (χ1) is 13.0.